The minimum atomic E-state index is 0.0777. The molecule has 2 unspecified atom stereocenters. The molecular weight excluding hydrogens is 176 g/mol. The zero-order valence-electron chi connectivity index (χ0n) is 10.1. The smallest absolute Gasteiger partial charge is 0.226 e. The van der Waals surface area contributed by atoms with Gasteiger partial charge >= 0.3 is 0 Å². The maximum absolute atomic E-state index is 12.0. The average Bonchev–Trinajstić information content (AvgIpc) is 2.18. The van der Waals surface area contributed by atoms with Crippen molar-refractivity contribution < 1.29 is 4.79 Å². The second-order valence-electron chi connectivity index (χ2n) is 3.84. The van der Waals surface area contributed by atoms with Crippen molar-refractivity contribution in [1.29, 1.82) is 0 Å². The number of carbonyl (C=O) groups is 1. The van der Waals surface area contributed by atoms with E-state index in [9.17, 15) is 4.79 Å². The number of nitrogens with one attached hydrogen (secondary N) is 1. The zero-order chi connectivity index (χ0) is 11.1. The van der Waals surface area contributed by atoms with Crippen molar-refractivity contribution in [3.63, 3.8) is 0 Å². The lowest BCUT2D eigenvalue weighted by Gasteiger charge is -2.29. The topological polar surface area (TPSA) is 32.3 Å². The molecule has 0 bridgehead atoms. The van der Waals surface area contributed by atoms with E-state index < -0.39 is 0 Å². The van der Waals surface area contributed by atoms with Crippen LogP contribution in [0.25, 0.3) is 0 Å². The highest BCUT2D eigenvalue weighted by Crippen LogP contribution is 2.08. The molecule has 0 aromatic carbocycles. The third-order valence-corrected chi connectivity index (χ3v) is 2.68. The zero-order valence-corrected chi connectivity index (χ0v) is 10.1. The summed E-state index contributed by atoms with van der Waals surface area (Å²) in [5, 5.41) is 3.04. The molecule has 1 amide bonds. The Labute approximate surface area is 87.9 Å². The van der Waals surface area contributed by atoms with E-state index in [0.717, 1.165) is 19.5 Å². The second kappa shape index (κ2) is 6.82. The molecule has 84 valence electrons. The van der Waals surface area contributed by atoms with Gasteiger partial charge in [-0.2, -0.15) is 0 Å². The Kier molecular flexibility index (Phi) is 6.54. The van der Waals surface area contributed by atoms with Crippen LogP contribution in [-0.2, 0) is 4.79 Å². The molecule has 3 heteroatoms. The minimum absolute atomic E-state index is 0.0777. The number of nitrogens with zero attached hydrogens (tertiary/aromatic N) is 1. The molecule has 0 saturated carbocycles. The predicted octanol–water partition coefficient (Wildman–Crippen LogP) is 1.49. The highest BCUT2D eigenvalue weighted by Gasteiger charge is 2.21. The normalized spacial score (nSPS) is 14.9. The Morgan fingerprint density at radius 1 is 1.36 bits per heavy atom. The van der Waals surface area contributed by atoms with Crippen LogP contribution < -0.4 is 5.32 Å². The Balaban J connectivity index is 4.29. The molecule has 0 aliphatic rings. The first-order valence-electron chi connectivity index (χ1n) is 5.53. The van der Waals surface area contributed by atoms with Crippen molar-refractivity contribution in [2.24, 2.45) is 5.92 Å². The van der Waals surface area contributed by atoms with Crippen LogP contribution in [0.4, 0.5) is 0 Å². The van der Waals surface area contributed by atoms with Gasteiger partial charge < -0.3 is 10.2 Å². The van der Waals surface area contributed by atoms with Gasteiger partial charge in [0.05, 0.1) is 0 Å². The van der Waals surface area contributed by atoms with E-state index in [1.807, 2.05) is 25.8 Å². The van der Waals surface area contributed by atoms with Crippen LogP contribution in [0.15, 0.2) is 0 Å². The van der Waals surface area contributed by atoms with Gasteiger partial charge in [-0.25, -0.2) is 0 Å². The molecular formula is C11H24N2O. The quantitative estimate of drug-likeness (QED) is 0.704. The third kappa shape index (κ3) is 3.66. The molecule has 14 heavy (non-hydrogen) atoms. The summed E-state index contributed by atoms with van der Waals surface area (Å²) in [4.78, 5) is 13.9. The van der Waals surface area contributed by atoms with Crippen molar-refractivity contribution in [2.75, 3.05) is 20.1 Å². The number of amides is 1. The molecule has 0 radical (unpaired) electrons. The van der Waals surface area contributed by atoms with Gasteiger partial charge in [0.1, 0.15) is 0 Å². The highest BCUT2D eigenvalue weighted by molar-refractivity contribution is 5.79. The maximum Gasteiger partial charge on any atom is 0.226 e. The van der Waals surface area contributed by atoms with Crippen molar-refractivity contribution >= 4 is 5.91 Å². The van der Waals surface area contributed by atoms with Gasteiger partial charge in [0.15, 0.2) is 0 Å². The molecule has 0 heterocycles. The summed E-state index contributed by atoms with van der Waals surface area (Å²) in [7, 11) is 1.88. The third-order valence-electron chi connectivity index (χ3n) is 2.68. The van der Waals surface area contributed by atoms with Crippen molar-refractivity contribution in [3.8, 4) is 0 Å². The Morgan fingerprint density at radius 2 is 1.93 bits per heavy atom. The van der Waals surface area contributed by atoms with Crippen LogP contribution in [-0.4, -0.2) is 37.0 Å². The summed E-state index contributed by atoms with van der Waals surface area (Å²) in [5.41, 5.74) is 0. The molecule has 0 fully saturated rings. The van der Waals surface area contributed by atoms with Crippen molar-refractivity contribution in [1.82, 2.24) is 10.2 Å². The van der Waals surface area contributed by atoms with E-state index in [0.29, 0.717) is 6.04 Å². The van der Waals surface area contributed by atoms with E-state index in [1.54, 1.807) is 0 Å². The summed E-state index contributed by atoms with van der Waals surface area (Å²) in [5.74, 6) is 0.338. The molecule has 0 spiro atoms. The molecule has 3 nitrogen and oxygen atoms in total. The second-order valence-corrected chi connectivity index (χ2v) is 3.84. The fourth-order valence-corrected chi connectivity index (χ4v) is 1.58. The van der Waals surface area contributed by atoms with Crippen LogP contribution in [0.5, 0.6) is 0 Å². The van der Waals surface area contributed by atoms with Gasteiger partial charge in [0.25, 0.3) is 0 Å². The fourth-order valence-electron chi connectivity index (χ4n) is 1.58. The van der Waals surface area contributed by atoms with E-state index in [4.69, 9.17) is 0 Å². The number of rotatable bonds is 6. The summed E-state index contributed by atoms with van der Waals surface area (Å²) in [6.07, 6.45) is 1.02. The van der Waals surface area contributed by atoms with Crippen molar-refractivity contribution in [3.05, 3.63) is 0 Å². The van der Waals surface area contributed by atoms with Crippen LogP contribution in [0, 0.1) is 5.92 Å². The highest BCUT2D eigenvalue weighted by atomic mass is 16.2. The molecule has 0 aliphatic carbocycles. The van der Waals surface area contributed by atoms with Gasteiger partial charge in [-0.1, -0.05) is 13.8 Å². The first-order chi connectivity index (χ1) is 6.58. The summed E-state index contributed by atoms with van der Waals surface area (Å²) in [6.45, 7) is 9.80. The molecule has 0 aliphatic heterocycles. The summed E-state index contributed by atoms with van der Waals surface area (Å²) >= 11 is 0. The lowest BCUT2D eigenvalue weighted by Crippen LogP contribution is -2.43. The minimum Gasteiger partial charge on any atom is -0.340 e. The molecule has 2 atom stereocenters. The average molecular weight is 200 g/mol. The number of hydrogen-bond acceptors (Lipinski definition) is 2. The van der Waals surface area contributed by atoms with Gasteiger partial charge in [0.2, 0.25) is 5.91 Å². The van der Waals surface area contributed by atoms with E-state index in [1.165, 1.54) is 0 Å². The van der Waals surface area contributed by atoms with Gasteiger partial charge in [-0.15, -0.1) is 0 Å². The van der Waals surface area contributed by atoms with E-state index in [-0.39, 0.29) is 11.8 Å². The Morgan fingerprint density at radius 3 is 2.29 bits per heavy atom. The summed E-state index contributed by atoms with van der Waals surface area (Å²) < 4.78 is 0. The van der Waals surface area contributed by atoms with Gasteiger partial charge in [-0.05, 0) is 27.3 Å². The van der Waals surface area contributed by atoms with Crippen LogP contribution in [0.1, 0.15) is 34.1 Å². The van der Waals surface area contributed by atoms with Crippen LogP contribution in [0.2, 0.25) is 0 Å². The van der Waals surface area contributed by atoms with E-state index >= 15 is 0 Å². The fraction of sp³-hybridized carbons (Fsp3) is 0.909. The largest absolute Gasteiger partial charge is 0.340 e. The molecule has 0 rings (SSSR count). The lowest BCUT2D eigenvalue weighted by molar-refractivity contribution is -0.136. The summed E-state index contributed by atoms with van der Waals surface area (Å²) in [6, 6.07) is 0.354. The molecule has 1 N–H and O–H groups in total. The van der Waals surface area contributed by atoms with Crippen molar-refractivity contribution in [2.45, 2.75) is 40.2 Å². The van der Waals surface area contributed by atoms with Crippen LogP contribution >= 0.6 is 0 Å². The van der Waals surface area contributed by atoms with Gasteiger partial charge in [-0.3, -0.25) is 4.79 Å². The molecule has 0 saturated heterocycles. The Bertz CT molecular complexity index is 171. The molecule has 0 aromatic rings. The van der Waals surface area contributed by atoms with E-state index in [2.05, 4.69) is 19.2 Å². The Hall–Kier alpha value is -0.570. The molecule has 0 aromatic heterocycles. The first-order valence-corrected chi connectivity index (χ1v) is 5.53. The first kappa shape index (κ1) is 13.4. The van der Waals surface area contributed by atoms with Crippen LogP contribution in [0.3, 0.4) is 0 Å². The number of carbonyl (C=O) groups excluding carboxylic acids is 1. The predicted molar refractivity (Wildman–Crippen MR) is 60.2 cm³/mol. The lowest BCUT2D eigenvalue weighted by atomic mass is 10.1. The maximum atomic E-state index is 12.0. The SMILES string of the molecule is CCC(C)N(CC)C(=O)C(C)CNC. The monoisotopic (exact) mass is 200 g/mol. The standard InChI is InChI=1S/C11H24N2O/c1-6-10(4)13(7-2)11(14)9(3)8-12-5/h9-10,12H,6-8H2,1-5H3. The number of hydrogen-bond donors (Lipinski definition) is 1. The van der Waals surface area contributed by atoms with Gasteiger partial charge in [0, 0.05) is 25.0 Å².